The summed E-state index contributed by atoms with van der Waals surface area (Å²) in [6, 6.07) is 0. The first-order chi connectivity index (χ1) is 10.8. The third-order valence-corrected chi connectivity index (χ3v) is 8.20. The Hall–Kier alpha value is -1.18. The van der Waals surface area contributed by atoms with E-state index >= 15 is 0 Å². The maximum atomic E-state index is 12.5. The molecule has 0 aromatic heterocycles. The zero-order valence-electron chi connectivity index (χ0n) is 14.7. The lowest BCUT2D eigenvalue weighted by molar-refractivity contribution is -0.132. The maximum absolute atomic E-state index is 12.5. The molecule has 3 fully saturated rings. The predicted molar refractivity (Wildman–Crippen MR) is 90.8 cm³/mol. The fourth-order valence-corrected chi connectivity index (χ4v) is 6.69. The van der Waals surface area contributed by atoms with Gasteiger partial charge in [-0.3, -0.25) is 9.59 Å². The fourth-order valence-electron chi connectivity index (χ4n) is 6.69. The van der Waals surface area contributed by atoms with Crippen LogP contribution < -0.4 is 0 Å². The Morgan fingerprint density at radius 1 is 1.13 bits per heavy atom. The van der Waals surface area contributed by atoms with Crippen molar-refractivity contribution in [2.24, 2.45) is 34.5 Å². The lowest BCUT2D eigenvalue weighted by Gasteiger charge is -2.59. The molecule has 0 unspecified atom stereocenters. The molecule has 2 heteroatoms. The number of hydrogen-bond acceptors (Lipinski definition) is 2. The van der Waals surface area contributed by atoms with Gasteiger partial charge in [0.25, 0.3) is 0 Å². The van der Waals surface area contributed by atoms with E-state index in [1.807, 2.05) is 6.08 Å². The summed E-state index contributed by atoms with van der Waals surface area (Å²) in [6.07, 6.45) is 7.54. The minimum atomic E-state index is -0.0905. The molecule has 0 aromatic rings. The minimum absolute atomic E-state index is 0.0703. The van der Waals surface area contributed by atoms with Crippen LogP contribution in [0.2, 0.25) is 0 Å². The lowest BCUT2D eigenvalue weighted by atomic mass is 9.45. The first-order valence-electron chi connectivity index (χ1n) is 9.25. The number of hydrogen-bond donors (Lipinski definition) is 0. The van der Waals surface area contributed by atoms with Crippen molar-refractivity contribution in [3.8, 4) is 0 Å². The second-order valence-electron chi connectivity index (χ2n) is 9.01. The molecule has 0 heterocycles. The maximum Gasteiger partial charge on any atom is 0.156 e. The molecule has 0 aliphatic heterocycles. The molecule has 0 N–H and O–H groups in total. The average Bonchev–Trinajstić information content (AvgIpc) is 2.78. The van der Waals surface area contributed by atoms with E-state index in [9.17, 15) is 9.59 Å². The van der Waals surface area contributed by atoms with Gasteiger partial charge in [-0.1, -0.05) is 32.9 Å². The summed E-state index contributed by atoms with van der Waals surface area (Å²) in [5, 5.41) is 0. The van der Waals surface area contributed by atoms with Gasteiger partial charge in [-0.25, -0.2) is 0 Å². The van der Waals surface area contributed by atoms with Gasteiger partial charge in [0.15, 0.2) is 5.78 Å². The Morgan fingerprint density at radius 2 is 1.87 bits per heavy atom. The number of ketones is 2. The first-order valence-corrected chi connectivity index (χ1v) is 9.25. The molecule has 4 rings (SSSR count). The van der Waals surface area contributed by atoms with E-state index in [1.54, 1.807) is 0 Å². The molecule has 4 aliphatic rings. The highest BCUT2D eigenvalue weighted by molar-refractivity contribution is 5.93. The highest BCUT2D eigenvalue weighted by Crippen LogP contribution is 2.66. The monoisotopic (exact) mass is 312 g/mol. The van der Waals surface area contributed by atoms with Crippen molar-refractivity contribution in [1.82, 2.24) is 0 Å². The van der Waals surface area contributed by atoms with Crippen LogP contribution in [0.5, 0.6) is 0 Å². The van der Waals surface area contributed by atoms with Crippen LogP contribution in [0.15, 0.2) is 23.8 Å². The van der Waals surface area contributed by atoms with Crippen molar-refractivity contribution < 1.29 is 9.59 Å². The summed E-state index contributed by atoms with van der Waals surface area (Å²) in [5.41, 5.74) is 2.38. The van der Waals surface area contributed by atoms with E-state index in [0.29, 0.717) is 35.9 Å². The second-order valence-corrected chi connectivity index (χ2v) is 9.01. The zero-order valence-corrected chi connectivity index (χ0v) is 14.7. The first kappa shape index (κ1) is 15.4. The third-order valence-electron chi connectivity index (χ3n) is 8.20. The predicted octanol–water partition coefficient (Wildman–Crippen LogP) is 4.50. The number of carbonyl (C=O) groups is 2. The highest BCUT2D eigenvalue weighted by atomic mass is 16.1. The molecule has 2 nitrogen and oxygen atoms in total. The van der Waals surface area contributed by atoms with Crippen LogP contribution in [0.3, 0.4) is 0 Å². The third kappa shape index (κ3) is 1.81. The van der Waals surface area contributed by atoms with Crippen molar-refractivity contribution in [2.45, 2.75) is 59.3 Å². The second kappa shape index (κ2) is 4.68. The van der Waals surface area contributed by atoms with E-state index in [1.165, 1.54) is 5.57 Å². The quantitative estimate of drug-likeness (QED) is 0.660. The van der Waals surface area contributed by atoms with Crippen LogP contribution in [0.4, 0.5) is 0 Å². The summed E-state index contributed by atoms with van der Waals surface area (Å²) in [7, 11) is 0. The molecule has 124 valence electrons. The molecule has 0 radical (unpaired) electrons. The largest absolute Gasteiger partial charge is 0.299 e. The van der Waals surface area contributed by atoms with Gasteiger partial charge in [0, 0.05) is 18.3 Å². The molecular weight excluding hydrogens is 284 g/mol. The fraction of sp³-hybridized carbons (Fsp3) is 0.714. The van der Waals surface area contributed by atoms with Gasteiger partial charge in [-0.2, -0.15) is 0 Å². The van der Waals surface area contributed by atoms with Crippen LogP contribution in [0, 0.1) is 34.5 Å². The van der Waals surface area contributed by atoms with Crippen molar-refractivity contribution >= 4 is 11.6 Å². The van der Waals surface area contributed by atoms with Crippen LogP contribution in [0.1, 0.15) is 59.3 Å². The van der Waals surface area contributed by atoms with Gasteiger partial charge in [0.2, 0.25) is 0 Å². The summed E-state index contributed by atoms with van der Waals surface area (Å²) in [4.78, 5) is 24.6. The summed E-state index contributed by atoms with van der Waals surface area (Å²) in [6.45, 7) is 11.2. The van der Waals surface area contributed by atoms with Crippen LogP contribution in [0.25, 0.3) is 0 Å². The van der Waals surface area contributed by atoms with E-state index in [-0.39, 0.29) is 16.6 Å². The van der Waals surface area contributed by atoms with Crippen LogP contribution in [-0.4, -0.2) is 11.6 Å². The minimum Gasteiger partial charge on any atom is -0.299 e. The van der Waals surface area contributed by atoms with E-state index in [2.05, 4.69) is 27.4 Å². The SMILES string of the molecule is C=C1C[C@@H]2[C@H](CC[C@]3(C)C(=O)CC[C@@H]23)[C@]2(C)C1=CC(=O)C[C@@H]2C. The van der Waals surface area contributed by atoms with E-state index in [0.717, 1.165) is 37.7 Å². The molecule has 4 aliphatic carbocycles. The lowest BCUT2D eigenvalue weighted by Crippen LogP contribution is -2.53. The smallest absolute Gasteiger partial charge is 0.156 e. The van der Waals surface area contributed by atoms with Gasteiger partial charge < -0.3 is 0 Å². The Morgan fingerprint density at radius 3 is 2.61 bits per heavy atom. The van der Waals surface area contributed by atoms with E-state index < -0.39 is 0 Å². The molecule has 23 heavy (non-hydrogen) atoms. The Kier molecular flexibility index (Phi) is 3.12. The number of carbonyl (C=O) groups excluding carboxylic acids is 2. The van der Waals surface area contributed by atoms with Gasteiger partial charge in [0.1, 0.15) is 5.78 Å². The molecule has 6 atom stereocenters. The van der Waals surface area contributed by atoms with Crippen molar-refractivity contribution in [1.29, 1.82) is 0 Å². The molecular formula is C21H28O2. The van der Waals surface area contributed by atoms with Gasteiger partial charge >= 0.3 is 0 Å². The van der Waals surface area contributed by atoms with E-state index in [4.69, 9.17) is 0 Å². The Bertz CT molecular complexity index is 642. The van der Waals surface area contributed by atoms with Crippen LogP contribution >= 0.6 is 0 Å². The normalized spacial score (nSPS) is 49.3. The standard InChI is InChI=1S/C21H28O2/c1-12-9-15-16-5-6-19(23)20(16,3)8-7-17(15)21(4)13(2)10-14(22)11-18(12)21/h11,13,15-17H,1,5-10H2,2-4H3/t13-,15-,16-,17-,20-,21+/m0/s1. The van der Waals surface area contributed by atoms with Crippen molar-refractivity contribution in [2.75, 3.05) is 0 Å². The summed E-state index contributed by atoms with van der Waals surface area (Å²) in [5.74, 6) is 2.83. The molecule has 0 amide bonds. The highest BCUT2D eigenvalue weighted by Gasteiger charge is 2.60. The van der Waals surface area contributed by atoms with Crippen molar-refractivity contribution in [3.05, 3.63) is 23.8 Å². The Labute approximate surface area is 139 Å². The number of allylic oxidation sites excluding steroid dienone is 2. The summed E-state index contributed by atoms with van der Waals surface area (Å²) < 4.78 is 0. The topological polar surface area (TPSA) is 34.1 Å². The number of rotatable bonds is 0. The molecule has 0 spiro atoms. The van der Waals surface area contributed by atoms with Crippen LogP contribution in [-0.2, 0) is 9.59 Å². The van der Waals surface area contributed by atoms with Gasteiger partial charge in [-0.05, 0) is 66.4 Å². The molecule has 0 saturated heterocycles. The van der Waals surface area contributed by atoms with Crippen molar-refractivity contribution in [3.63, 3.8) is 0 Å². The molecule has 0 aromatic carbocycles. The average molecular weight is 312 g/mol. The van der Waals surface area contributed by atoms with Gasteiger partial charge in [0.05, 0.1) is 0 Å². The van der Waals surface area contributed by atoms with Gasteiger partial charge in [-0.15, -0.1) is 0 Å². The zero-order chi connectivity index (χ0) is 16.6. The molecule has 3 saturated carbocycles. The number of Topliss-reactive ketones (excluding diaryl/α,β-unsaturated/α-hetero) is 1. The Balaban J connectivity index is 1.79. The summed E-state index contributed by atoms with van der Waals surface area (Å²) >= 11 is 0. The molecule has 0 bridgehead atoms. The number of fused-ring (bicyclic) bond motifs is 5.